The standard InChI is InChI=1S/C41H74N2O7/c1-3-5-7-9-10-11-12-13-14-15-16-17-18-19-20-21-22-23-29-33-40(47)50-36(30-26-8-6-4-2)31-27-24-25-28-32-38(45)42-34-39(46)43-37(35-44)41(48)49/h10-11,13-14,36-37,44H,3-9,12,15-35H2,1-2H3,(H,42,45)(H,43,46)(H,48,49)/b11-10-,14-13-. The van der Waals surface area contributed by atoms with Gasteiger partial charge in [0, 0.05) is 12.8 Å². The second-order valence-corrected chi connectivity index (χ2v) is 13.7. The number of nitrogens with one attached hydrogen (secondary N) is 2. The van der Waals surface area contributed by atoms with Gasteiger partial charge in [-0.3, -0.25) is 14.4 Å². The third-order valence-corrected chi connectivity index (χ3v) is 8.95. The second-order valence-electron chi connectivity index (χ2n) is 13.7. The van der Waals surface area contributed by atoms with Crippen LogP contribution in [0.1, 0.15) is 187 Å². The number of carboxylic acids is 1. The topological polar surface area (TPSA) is 142 Å². The van der Waals surface area contributed by atoms with Crippen molar-refractivity contribution >= 4 is 23.8 Å². The van der Waals surface area contributed by atoms with Crippen LogP contribution in [-0.2, 0) is 23.9 Å². The normalized spacial score (nSPS) is 12.7. The molecule has 50 heavy (non-hydrogen) atoms. The van der Waals surface area contributed by atoms with Gasteiger partial charge in [0.1, 0.15) is 12.1 Å². The van der Waals surface area contributed by atoms with Crippen LogP contribution in [0.3, 0.4) is 0 Å². The van der Waals surface area contributed by atoms with E-state index in [2.05, 4.69) is 48.8 Å². The van der Waals surface area contributed by atoms with Crippen molar-refractivity contribution in [3.8, 4) is 0 Å². The third-order valence-electron chi connectivity index (χ3n) is 8.95. The van der Waals surface area contributed by atoms with Gasteiger partial charge in [0.15, 0.2) is 0 Å². The molecule has 0 saturated carbocycles. The van der Waals surface area contributed by atoms with Gasteiger partial charge in [-0.1, -0.05) is 128 Å². The van der Waals surface area contributed by atoms with E-state index < -0.39 is 24.5 Å². The molecule has 0 bridgehead atoms. The molecule has 0 aliphatic heterocycles. The molecule has 0 aromatic carbocycles. The first-order valence-corrected chi connectivity index (χ1v) is 20.2. The highest BCUT2D eigenvalue weighted by Crippen LogP contribution is 2.18. The van der Waals surface area contributed by atoms with E-state index in [0.29, 0.717) is 12.8 Å². The Labute approximate surface area is 304 Å². The Kier molecular flexibility index (Phi) is 34.2. The average molecular weight is 707 g/mol. The summed E-state index contributed by atoms with van der Waals surface area (Å²) in [6.45, 7) is 3.39. The van der Waals surface area contributed by atoms with Crippen LogP contribution >= 0.6 is 0 Å². The SMILES string of the molecule is CCCCC/C=C\C/C=C\CCCCCCCCCCCC(=O)OC(CCCCCC)CCCCCCC(=O)NCC(=O)NC(CO)C(=O)O. The van der Waals surface area contributed by atoms with E-state index in [9.17, 15) is 19.2 Å². The van der Waals surface area contributed by atoms with Crippen molar-refractivity contribution < 1.29 is 34.1 Å². The molecular weight excluding hydrogens is 632 g/mol. The minimum absolute atomic E-state index is 0.0395. The molecular formula is C41H74N2O7. The summed E-state index contributed by atoms with van der Waals surface area (Å²) in [4.78, 5) is 47.3. The van der Waals surface area contributed by atoms with Gasteiger partial charge < -0.3 is 25.6 Å². The van der Waals surface area contributed by atoms with Crippen LogP contribution in [0.5, 0.6) is 0 Å². The zero-order chi connectivity index (χ0) is 36.9. The van der Waals surface area contributed by atoms with Gasteiger partial charge in [-0.05, 0) is 70.6 Å². The van der Waals surface area contributed by atoms with Crippen molar-refractivity contribution in [3.63, 3.8) is 0 Å². The smallest absolute Gasteiger partial charge is 0.328 e. The molecule has 290 valence electrons. The van der Waals surface area contributed by atoms with Gasteiger partial charge >= 0.3 is 11.9 Å². The number of aliphatic hydroxyl groups is 1. The van der Waals surface area contributed by atoms with Gasteiger partial charge in [0.25, 0.3) is 0 Å². The van der Waals surface area contributed by atoms with Crippen LogP contribution < -0.4 is 10.6 Å². The first-order valence-electron chi connectivity index (χ1n) is 20.2. The number of unbranched alkanes of at least 4 members (excludes halogenated alkanes) is 18. The highest BCUT2D eigenvalue weighted by atomic mass is 16.5. The Morgan fingerprint density at radius 2 is 1.08 bits per heavy atom. The summed E-state index contributed by atoms with van der Waals surface area (Å²) >= 11 is 0. The molecule has 0 aliphatic carbocycles. The number of aliphatic carboxylic acids is 1. The number of amides is 2. The molecule has 0 saturated heterocycles. The second kappa shape index (κ2) is 36.1. The lowest BCUT2D eigenvalue weighted by molar-refractivity contribution is -0.150. The molecule has 0 fully saturated rings. The van der Waals surface area contributed by atoms with Gasteiger partial charge in [0.05, 0.1) is 13.2 Å². The van der Waals surface area contributed by atoms with Crippen molar-refractivity contribution in [1.82, 2.24) is 10.6 Å². The fraction of sp³-hybridized carbons (Fsp3) is 0.805. The number of hydrogen-bond acceptors (Lipinski definition) is 6. The zero-order valence-electron chi connectivity index (χ0n) is 31.9. The summed E-state index contributed by atoms with van der Waals surface area (Å²) in [5.41, 5.74) is 0. The number of carboxylic acid groups (broad SMARTS) is 1. The fourth-order valence-electron chi connectivity index (χ4n) is 5.80. The molecule has 0 spiro atoms. The summed E-state index contributed by atoms with van der Waals surface area (Å²) in [5, 5.41) is 22.5. The summed E-state index contributed by atoms with van der Waals surface area (Å²) in [6, 6.07) is -1.38. The van der Waals surface area contributed by atoms with E-state index in [-0.39, 0.29) is 30.9 Å². The maximum absolute atomic E-state index is 12.6. The van der Waals surface area contributed by atoms with Crippen LogP contribution in [0.25, 0.3) is 0 Å². The van der Waals surface area contributed by atoms with E-state index in [0.717, 1.165) is 64.2 Å². The molecule has 2 amide bonds. The summed E-state index contributed by atoms with van der Waals surface area (Å²) < 4.78 is 5.92. The molecule has 0 aromatic rings. The number of rotatable bonds is 36. The van der Waals surface area contributed by atoms with E-state index in [1.54, 1.807) is 0 Å². The Balaban J connectivity index is 3.97. The molecule has 2 unspecified atom stereocenters. The molecule has 9 heteroatoms. The van der Waals surface area contributed by atoms with Crippen LogP contribution in [0.15, 0.2) is 24.3 Å². The van der Waals surface area contributed by atoms with Gasteiger partial charge in [0.2, 0.25) is 11.8 Å². The number of hydrogen-bond donors (Lipinski definition) is 4. The van der Waals surface area contributed by atoms with Crippen molar-refractivity contribution in [2.24, 2.45) is 0 Å². The lowest BCUT2D eigenvalue weighted by Crippen LogP contribution is -2.47. The number of allylic oxidation sites excluding steroid dienone is 4. The molecule has 2 atom stereocenters. The Morgan fingerprint density at radius 3 is 1.64 bits per heavy atom. The van der Waals surface area contributed by atoms with Crippen LogP contribution in [-0.4, -0.2) is 59.3 Å². The van der Waals surface area contributed by atoms with Crippen molar-refractivity contribution in [2.75, 3.05) is 13.2 Å². The van der Waals surface area contributed by atoms with E-state index in [4.69, 9.17) is 14.9 Å². The number of carbonyl (C=O) groups is 4. The Bertz CT molecular complexity index is 905. The first kappa shape index (κ1) is 47.3. The number of carbonyl (C=O) groups excluding carboxylic acids is 3. The minimum atomic E-state index is -1.38. The molecule has 0 rings (SSSR count). The van der Waals surface area contributed by atoms with Crippen LogP contribution in [0.4, 0.5) is 0 Å². The predicted octanol–water partition coefficient (Wildman–Crippen LogP) is 9.26. The minimum Gasteiger partial charge on any atom is -0.480 e. The molecule has 0 radical (unpaired) electrons. The van der Waals surface area contributed by atoms with Gasteiger partial charge in [-0.2, -0.15) is 0 Å². The van der Waals surface area contributed by atoms with Crippen molar-refractivity contribution in [2.45, 2.75) is 199 Å². The summed E-state index contributed by atoms with van der Waals surface area (Å²) in [5.74, 6) is -2.34. The summed E-state index contributed by atoms with van der Waals surface area (Å²) in [6.07, 6.45) is 38.0. The van der Waals surface area contributed by atoms with E-state index in [1.807, 2.05) is 0 Å². The zero-order valence-corrected chi connectivity index (χ0v) is 31.9. The van der Waals surface area contributed by atoms with E-state index in [1.165, 1.54) is 89.9 Å². The molecule has 4 N–H and O–H groups in total. The van der Waals surface area contributed by atoms with Crippen LogP contribution in [0.2, 0.25) is 0 Å². The lowest BCUT2D eigenvalue weighted by Gasteiger charge is -2.18. The average Bonchev–Trinajstić information content (AvgIpc) is 3.10. The van der Waals surface area contributed by atoms with Gasteiger partial charge in [-0.15, -0.1) is 0 Å². The van der Waals surface area contributed by atoms with Crippen LogP contribution in [0, 0.1) is 0 Å². The molecule has 0 aliphatic rings. The Hall–Kier alpha value is -2.68. The molecule has 0 heterocycles. The van der Waals surface area contributed by atoms with Gasteiger partial charge in [-0.25, -0.2) is 4.79 Å². The van der Waals surface area contributed by atoms with Crippen molar-refractivity contribution in [3.05, 3.63) is 24.3 Å². The summed E-state index contributed by atoms with van der Waals surface area (Å²) in [7, 11) is 0. The quantitative estimate of drug-likeness (QED) is 0.0289. The largest absolute Gasteiger partial charge is 0.480 e. The number of ether oxygens (including phenoxy) is 1. The Morgan fingerprint density at radius 1 is 0.600 bits per heavy atom. The van der Waals surface area contributed by atoms with Crippen molar-refractivity contribution in [1.29, 1.82) is 0 Å². The molecule has 0 aromatic heterocycles. The fourth-order valence-corrected chi connectivity index (χ4v) is 5.80. The predicted molar refractivity (Wildman–Crippen MR) is 204 cm³/mol. The lowest BCUT2D eigenvalue weighted by atomic mass is 10.0. The third kappa shape index (κ3) is 32.5. The number of aliphatic hydroxyl groups excluding tert-OH is 1. The van der Waals surface area contributed by atoms with E-state index >= 15 is 0 Å². The maximum Gasteiger partial charge on any atom is 0.328 e. The highest BCUT2D eigenvalue weighted by molar-refractivity contribution is 5.87. The first-order chi connectivity index (χ1) is 24.3. The number of esters is 1. The molecule has 9 nitrogen and oxygen atoms in total. The maximum atomic E-state index is 12.6. The monoisotopic (exact) mass is 707 g/mol. The highest BCUT2D eigenvalue weighted by Gasteiger charge is 2.19.